The third-order valence-electron chi connectivity index (χ3n) is 3.87. The Morgan fingerprint density at radius 1 is 1.23 bits per heavy atom. The summed E-state index contributed by atoms with van der Waals surface area (Å²) in [6, 6.07) is 3.27. The number of ether oxygens (including phenoxy) is 1. The van der Waals surface area contributed by atoms with Gasteiger partial charge in [-0.15, -0.1) is 0 Å². The maximum Gasteiger partial charge on any atom is 0.330 e. The molecule has 0 amide bonds. The van der Waals surface area contributed by atoms with Crippen molar-refractivity contribution in [3.8, 4) is 0 Å². The Labute approximate surface area is 131 Å². The molecule has 0 bridgehead atoms. The first-order valence-corrected chi connectivity index (χ1v) is 8.51. The van der Waals surface area contributed by atoms with Crippen LogP contribution in [0.2, 0.25) is 0 Å². The van der Waals surface area contributed by atoms with Gasteiger partial charge < -0.3 is 4.74 Å². The van der Waals surface area contributed by atoms with Gasteiger partial charge in [0.2, 0.25) is 10.0 Å². The molecule has 1 aromatic carbocycles. The Balaban J connectivity index is 2.34. The summed E-state index contributed by atoms with van der Waals surface area (Å²) in [5, 5.41) is 0. The van der Waals surface area contributed by atoms with Gasteiger partial charge in [-0.2, -0.15) is 4.31 Å². The molecule has 6 heteroatoms. The van der Waals surface area contributed by atoms with E-state index in [-0.39, 0.29) is 12.1 Å². The molecule has 0 radical (unpaired) electrons. The number of rotatable bonds is 4. The quantitative estimate of drug-likeness (QED) is 0.483. The fraction of sp³-hybridized carbons (Fsp3) is 0.438. The SMILES string of the molecule is COC(=O)/C=C/[C@@H]1[C@H](C)N1S(=O)(=O)c1c(C)cc(C)cc1C. The monoisotopic (exact) mass is 323 g/mol. The van der Waals surface area contributed by atoms with Crippen LogP contribution in [0.1, 0.15) is 23.6 Å². The van der Waals surface area contributed by atoms with Gasteiger partial charge in [-0.3, -0.25) is 0 Å². The van der Waals surface area contributed by atoms with Crippen LogP contribution >= 0.6 is 0 Å². The average Bonchev–Trinajstić information content (AvgIpc) is 3.05. The van der Waals surface area contributed by atoms with Crippen molar-refractivity contribution in [3.63, 3.8) is 0 Å². The molecule has 3 atom stereocenters. The summed E-state index contributed by atoms with van der Waals surface area (Å²) in [5.41, 5.74) is 2.52. The number of carbonyl (C=O) groups is 1. The second kappa shape index (κ2) is 5.85. The molecule has 1 unspecified atom stereocenters. The van der Waals surface area contributed by atoms with E-state index in [9.17, 15) is 13.2 Å². The zero-order valence-corrected chi connectivity index (χ0v) is 14.3. The third kappa shape index (κ3) is 2.94. The second-order valence-corrected chi connectivity index (χ2v) is 7.46. The van der Waals surface area contributed by atoms with Crippen molar-refractivity contribution in [3.05, 3.63) is 41.0 Å². The van der Waals surface area contributed by atoms with Gasteiger partial charge in [0.05, 0.1) is 18.0 Å². The van der Waals surface area contributed by atoms with E-state index in [1.54, 1.807) is 19.9 Å². The summed E-state index contributed by atoms with van der Waals surface area (Å²) in [7, 11) is -2.28. The number of hydrogen-bond acceptors (Lipinski definition) is 4. The number of aryl methyl sites for hydroxylation is 3. The minimum atomic E-state index is -3.57. The molecule has 22 heavy (non-hydrogen) atoms. The van der Waals surface area contributed by atoms with E-state index < -0.39 is 16.0 Å². The van der Waals surface area contributed by atoms with Crippen molar-refractivity contribution >= 4 is 16.0 Å². The molecule has 1 fully saturated rings. The predicted octanol–water partition coefficient (Wildman–Crippen LogP) is 2.10. The van der Waals surface area contributed by atoms with Crippen molar-refractivity contribution < 1.29 is 17.9 Å². The van der Waals surface area contributed by atoms with Gasteiger partial charge >= 0.3 is 5.97 Å². The molecule has 0 saturated carbocycles. The number of hydrogen-bond donors (Lipinski definition) is 0. The zero-order chi connectivity index (χ0) is 16.7. The highest BCUT2D eigenvalue weighted by Crippen LogP contribution is 2.38. The third-order valence-corrected chi connectivity index (χ3v) is 6.16. The van der Waals surface area contributed by atoms with Crippen LogP contribution in [0, 0.1) is 20.8 Å². The van der Waals surface area contributed by atoms with Gasteiger partial charge in [0.1, 0.15) is 0 Å². The van der Waals surface area contributed by atoms with E-state index in [1.165, 1.54) is 17.5 Å². The Morgan fingerprint density at radius 3 is 2.27 bits per heavy atom. The maximum absolute atomic E-state index is 12.9. The van der Waals surface area contributed by atoms with Crippen LogP contribution in [-0.4, -0.2) is 37.9 Å². The molecule has 1 aromatic rings. The Kier molecular flexibility index (Phi) is 4.44. The number of esters is 1. The molecular formula is C16H21NO4S. The molecule has 0 aromatic heterocycles. The lowest BCUT2D eigenvalue weighted by Crippen LogP contribution is -2.18. The van der Waals surface area contributed by atoms with Crippen LogP contribution in [0.25, 0.3) is 0 Å². The number of carbonyl (C=O) groups excluding carboxylic acids is 1. The summed E-state index contributed by atoms with van der Waals surface area (Å²) in [5.74, 6) is -0.487. The Bertz CT molecular complexity index is 714. The largest absolute Gasteiger partial charge is 0.466 e. The smallest absolute Gasteiger partial charge is 0.330 e. The van der Waals surface area contributed by atoms with Gasteiger partial charge in [0.25, 0.3) is 0 Å². The van der Waals surface area contributed by atoms with Gasteiger partial charge in [0.15, 0.2) is 0 Å². The molecule has 1 saturated heterocycles. The number of sulfonamides is 1. The van der Waals surface area contributed by atoms with Crippen LogP contribution in [0.5, 0.6) is 0 Å². The summed E-state index contributed by atoms with van der Waals surface area (Å²) in [4.78, 5) is 11.5. The first kappa shape index (κ1) is 16.7. The average molecular weight is 323 g/mol. The standard InChI is InChI=1S/C16H21NO4S/c1-10-8-11(2)16(12(3)9-10)22(19,20)17-13(4)14(17)6-7-15(18)21-5/h6-9,13-14H,1-5H3/b7-6+/t13-,14+,17?/m0/s1. The van der Waals surface area contributed by atoms with Crippen molar-refractivity contribution in [1.82, 2.24) is 4.31 Å². The van der Waals surface area contributed by atoms with E-state index in [2.05, 4.69) is 4.74 Å². The minimum absolute atomic E-state index is 0.161. The van der Waals surface area contributed by atoms with E-state index >= 15 is 0 Å². The molecular weight excluding hydrogens is 302 g/mol. The van der Waals surface area contributed by atoms with Gasteiger partial charge in [-0.25, -0.2) is 13.2 Å². The molecule has 1 aliphatic rings. The predicted molar refractivity (Wildman–Crippen MR) is 84.1 cm³/mol. The number of nitrogens with zero attached hydrogens (tertiary/aromatic N) is 1. The van der Waals surface area contributed by atoms with Crippen LogP contribution in [0.3, 0.4) is 0 Å². The lowest BCUT2D eigenvalue weighted by molar-refractivity contribution is -0.134. The summed E-state index contributed by atoms with van der Waals surface area (Å²) < 4.78 is 31.7. The first-order chi connectivity index (χ1) is 10.2. The zero-order valence-electron chi connectivity index (χ0n) is 13.5. The van der Waals surface area contributed by atoms with E-state index in [4.69, 9.17) is 0 Å². The molecule has 2 rings (SSSR count). The highest BCUT2D eigenvalue weighted by atomic mass is 32.2. The second-order valence-electron chi connectivity index (χ2n) is 5.68. The Morgan fingerprint density at radius 2 is 1.77 bits per heavy atom. The van der Waals surface area contributed by atoms with Crippen LogP contribution in [0.15, 0.2) is 29.2 Å². The highest BCUT2D eigenvalue weighted by Gasteiger charge is 2.51. The van der Waals surface area contributed by atoms with Crippen LogP contribution in [-0.2, 0) is 19.6 Å². The number of benzene rings is 1. The molecule has 1 aliphatic heterocycles. The van der Waals surface area contributed by atoms with E-state index in [0.29, 0.717) is 4.90 Å². The van der Waals surface area contributed by atoms with Gasteiger partial charge in [0, 0.05) is 12.1 Å². The van der Waals surface area contributed by atoms with Gasteiger partial charge in [-0.05, 0) is 38.8 Å². The van der Waals surface area contributed by atoms with E-state index in [0.717, 1.165) is 16.7 Å². The summed E-state index contributed by atoms with van der Waals surface area (Å²) in [6.45, 7) is 7.38. The molecule has 0 spiro atoms. The van der Waals surface area contributed by atoms with Gasteiger partial charge in [-0.1, -0.05) is 23.8 Å². The number of methoxy groups -OCH3 is 1. The lowest BCUT2D eigenvalue weighted by atomic mass is 10.1. The molecule has 120 valence electrons. The highest BCUT2D eigenvalue weighted by molar-refractivity contribution is 7.89. The first-order valence-electron chi connectivity index (χ1n) is 7.07. The molecule has 0 N–H and O–H groups in total. The Hall–Kier alpha value is -1.66. The van der Waals surface area contributed by atoms with Crippen molar-refractivity contribution in [2.75, 3.05) is 7.11 Å². The molecule has 1 heterocycles. The fourth-order valence-electron chi connectivity index (χ4n) is 2.89. The van der Waals surface area contributed by atoms with Crippen molar-refractivity contribution in [1.29, 1.82) is 0 Å². The lowest BCUT2D eigenvalue weighted by Gasteiger charge is -2.13. The normalized spacial score (nSPS) is 24.5. The molecule has 0 aliphatic carbocycles. The maximum atomic E-state index is 12.9. The molecule has 5 nitrogen and oxygen atoms in total. The van der Waals surface area contributed by atoms with Crippen LogP contribution < -0.4 is 0 Å². The fourth-order valence-corrected chi connectivity index (χ4v) is 5.11. The summed E-state index contributed by atoms with van der Waals surface area (Å²) in [6.07, 6.45) is 2.85. The van der Waals surface area contributed by atoms with Crippen molar-refractivity contribution in [2.24, 2.45) is 0 Å². The van der Waals surface area contributed by atoms with Crippen LogP contribution in [0.4, 0.5) is 0 Å². The van der Waals surface area contributed by atoms with Crippen molar-refractivity contribution in [2.45, 2.75) is 44.7 Å². The summed E-state index contributed by atoms with van der Waals surface area (Å²) >= 11 is 0. The minimum Gasteiger partial charge on any atom is -0.466 e. The van der Waals surface area contributed by atoms with E-state index in [1.807, 2.05) is 26.0 Å². The topological polar surface area (TPSA) is 63.5 Å².